The predicted octanol–water partition coefficient (Wildman–Crippen LogP) is 2.31. The number of carbonyl (C=O) groups excluding carboxylic acids is 2. The lowest BCUT2D eigenvalue weighted by molar-refractivity contribution is -0.114. The van der Waals surface area contributed by atoms with E-state index < -0.39 is 17.5 Å². The topological polar surface area (TPSA) is 63.2 Å². The van der Waals surface area contributed by atoms with Crippen molar-refractivity contribution in [3.8, 4) is 0 Å². The van der Waals surface area contributed by atoms with Crippen molar-refractivity contribution in [1.82, 2.24) is 9.97 Å². The predicted molar refractivity (Wildman–Crippen MR) is 73.7 cm³/mol. The fraction of sp³-hybridized carbons (Fsp3) is 0.143. The molecule has 2 heterocycles. The summed E-state index contributed by atoms with van der Waals surface area (Å²) in [7, 11) is 0. The molecule has 0 fully saturated rings. The van der Waals surface area contributed by atoms with Gasteiger partial charge in [0.05, 0.1) is 17.8 Å². The van der Waals surface area contributed by atoms with Crippen LogP contribution in [0.4, 0.5) is 10.1 Å². The van der Waals surface area contributed by atoms with Crippen LogP contribution >= 0.6 is 11.6 Å². The van der Waals surface area contributed by atoms with Gasteiger partial charge in [-0.15, -0.1) is 0 Å². The molecule has 0 N–H and O–H groups in total. The maximum Gasteiger partial charge on any atom is 0.299 e. The second kappa shape index (κ2) is 4.89. The van der Waals surface area contributed by atoms with E-state index in [1.165, 1.54) is 18.2 Å². The standard InChI is InChI=1S/C14H9ClFN3O2/c1-7-5-10(15)18-11(17-7)6-19-12-8(13(20)14(19)21)3-2-4-9(12)16/h2-5H,6H2,1H3. The van der Waals surface area contributed by atoms with Crippen LogP contribution in [-0.2, 0) is 11.3 Å². The van der Waals surface area contributed by atoms with Gasteiger partial charge in [-0.1, -0.05) is 17.7 Å². The number of fused-ring (bicyclic) bond motifs is 1. The van der Waals surface area contributed by atoms with Crippen LogP contribution in [0.3, 0.4) is 0 Å². The number of hydrogen-bond donors (Lipinski definition) is 0. The Bertz CT molecular complexity index is 759. The van der Waals surface area contributed by atoms with E-state index in [2.05, 4.69) is 9.97 Å². The minimum absolute atomic E-state index is 0.0336. The summed E-state index contributed by atoms with van der Waals surface area (Å²) in [5, 5.41) is 0.226. The van der Waals surface area contributed by atoms with E-state index in [9.17, 15) is 14.0 Å². The highest BCUT2D eigenvalue weighted by Gasteiger charge is 2.38. The van der Waals surface area contributed by atoms with Gasteiger partial charge < -0.3 is 0 Å². The second-order valence-electron chi connectivity index (χ2n) is 4.60. The third kappa shape index (κ3) is 2.27. The van der Waals surface area contributed by atoms with Gasteiger partial charge in [-0.3, -0.25) is 14.5 Å². The molecule has 106 valence electrons. The third-order valence-electron chi connectivity index (χ3n) is 3.11. The molecule has 1 aromatic carbocycles. The Kier molecular flexibility index (Phi) is 3.17. The summed E-state index contributed by atoms with van der Waals surface area (Å²) < 4.78 is 13.9. The molecule has 7 heteroatoms. The summed E-state index contributed by atoms with van der Waals surface area (Å²) in [6, 6.07) is 5.57. The van der Waals surface area contributed by atoms with Gasteiger partial charge in [-0.05, 0) is 25.1 Å². The Morgan fingerprint density at radius 2 is 2.05 bits per heavy atom. The van der Waals surface area contributed by atoms with Gasteiger partial charge in [0.2, 0.25) is 0 Å². The first-order valence-electron chi connectivity index (χ1n) is 6.12. The summed E-state index contributed by atoms with van der Waals surface area (Å²) >= 11 is 5.84. The van der Waals surface area contributed by atoms with Gasteiger partial charge in [0.25, 0.3) is 11.7 Å². The molecule has 1 aliphatic rings. The molecular formula is C14H9ClFN3O2. The van der Waals surface area contributed by atoms with Crippen LogP contribution < -0.4 is 4.90 Å². The van der Waals surface area contributed by atoms with Gasteiger partial charge >= 0.3 is 0 Å². The summed E-state index contributed by atoms with van der Waals surface area (Å²) in [5.41, 5.74) is 0.643. The fourth-order valence-corrected chi connectivity index (χ4v) is 2.52. The Balaban J connectivity index is 2.04. The normalized spacial score (nSPS) is 13.8. The molecule has 0 spiro atoms. The van der Waals surface area contributed by atoms with Crippen LogP contribution in [-0.4, -0.2) is 21.7 Å². The van der Waals surface area contributed by atoms with Crippen LogP contribution in [0.2, 0.25) is 5.15 Å². The Labute approximate surface area is 124 Å². The van der Waals surface area contributed by atoms with Crippen molar-refractivity contribution in [2.75, 3.05) is 4.90 Å². The molecule has 21 heavy (non-hydrogen) atoms. The van der Waals surface area contributed by atoms with Gasteiger partial charge in [0, 0.05) is 5.69 Å². The minimum atomic E-state index is -0.795. The van der Waals surface area contributed by atoms with Crippen molar-refractivity contribution in [3.63, 3.8) is 0 Å². The molecule has 0 saturated heterocycles. The van der Waals surface area contributed by atoms with E-state index in [1.807, 2.05) is 0 Å². The van der Waals surface area contributed by atoms with Crippen molar-refractivity contribution in [1.29, 1.82) is 0 Å². The quantitative estimate of drug-likeness (QED) is 0.631. The van der Waals surface area contributed by atoms with Gasteiger partial charge in [0.15, 0.2) is 0 Å². The molecule has 0 radical (unpaired) electrons. The minimum Gasteiger partial charge on any atom is -0.294 e. The lowest BCUT2D eigenvalue weighted by atomic mass is 10.1. The zero-order valence-corrected chi connectivity index (χ0v) is 11.7. The molecule has 0 bridgehead atoms. The van der Waals surface area contributed by atoms with Crippen LogP contribution in [0.5, 0.6) is 0 Å². The number of halogens is 2. The van der Waals surface area contributed by atoms with Crippen molar-refractivity contribution >= 4 is 29.0 Å². The largest absolute Gasteiger partial charge is 0.299 e. The van der Waals surface area contributed by atoms with Gasteiger partial charge in [0.1, 0.15) is 16.8 Å². The maximum absolute atomic E-state index is 13.9. The van der Waals surface area contributed by atoms with Gasteiger partial charge in [-0.25, -0.2) is 14.4 Å². The van der Waals surface area contributed by atoms with E-state index in [-0.39, 0.29) is 28.8 Å². The molecule has 2 aromatic rings. The average molecular weight is 306 g/mol. The number of para-hydroxylation sites is 1. The first-order valence-corrected chi connectivity index (χ1v) is 6.50. The van der Waals surface area contributed by atoms with Crippen molar-refractivity contribution in [2.45, 2.75) is 13.5 Å². The van der Waals surface area contributed by atoms with Crippen LogP contribution in [0.25, 0.3) is 0 Å². The number of Topliss-reactive ketones (excluding diaryl/α,β-unsaturated/α-hetero) is 1. The number of nitrogens with zero attached hydrogens (tertiary/aromatic N) is 3. The number of aromatic nitrogens is 2. The molecule has 1 aliphatic heterocycles. The molecule has 0 saturated carbocycles. The number of aryl methyl sites for hydroxylation is 1. The van der Waals surface area contributed by atoms with E-state index in [4.69, 9.17) is 11.6 Å². The van der Waals surface area contributed by atoms with Crippen LogP contribution in [0, 0.1) is 12.7 Å². The van der Waals surface area contributed by atoms with Crippen molar-refractivity contribution < 1.29 is 14.0 Å². The maximum atomic E-state index is 13.9. The third-order valence-corrected chi connectivity index (χ3v) is 3.30. The summed E-state index contributed by atoms with van der Waals surface area (Å²) in [6.45, 7) is 1.61. The number of ketones is 1. The van der Waals surface area contributed by atoms with Crippen molar-refractivity contribution in [2.24, 2.45) is 0 Å². The average Bonchev–Trinajstić information content (AvgIpc) is 2.64. The molecule has 0 atom stereocenters. The number of benzene rings is 1. The Hall–Kier alpha value is -2.34. The highest BCUT2D eigenvalue weighted by atomic mass is 35.5. The Morgan fingerprint density at radius 1 is 1.29 bits per heavy atom. The van der Waals surface area contributed by atoms with E-state index in [0.717, 1.165) is 4.90 Å². The van der Waals surface area contributed by atoms with Crippen molar-refractivity contribution in [3.05, 3.63) is 52.3 Å². The first-order chi connectivity index (χ1) is 9.97. The fourth-order valence-electron chi connectivity index (χ4n) is 2.26. The summed E-state index contributed by atoms with van der Waals surface area (Å²) in [6.07, 6.45) is 0. The van der Waals surface area contributed by atoms with E-state index in [0.29, 0.717) is 5.69 Å². The molecule has 3 rings (SSSR count). The highest BCUT2D eigenvalue weighted by molar-refractivity contribution is 6.52. The molecule has 1 aromatic heterocycles. The van der Waals surface area contributed by atoms with E-state index >= 15 is 0 Å². The van der Waals surface area contributed by atoms with E-state index in [1.54, 1.807) is 13.0 Å². The number of carbonyl (C=O) groups is 2. The first kappa shape index (κ1) is 13.6. The molecule has 1 amide bonds. The lowest BCUT2D eigenvalue weighted by Gasteiger charge is -2.16. The van der Waals surface area contributed by atoms with Gasteiger partial charge in [-0.2, -0.15) is 0 Å². The molecule has 0 aliphatic carbocycles. The monoisotopic (exact) mass is 305 g/mol. The number of hydrogen-bond acceptors (Lipinski definition) is 4. The number of amides is 1. The number of rotatable bonds is 2. The zero-order valence-electron chi connectivity index (χ0n) is 10.9. The second-order valence-corrected chi connectivity index (χ2v) is 4.99. The number of anilines is 1. The van der Waals surface area contributed by atoms with Crippen LogP contribution in [0.15, 0.2) is 24.3 Å². The molecule has 5 nitrogen and oxygen atoms in total. The highest BCUT2D eigenvalue weighted by Crippen LogP contribution is 2.32. The summed E-state index contributed by atoms with van der Waals surface area (Å²) in [5.74, 6) is -1.91. The SMILES string of the molecule is Cc1cc(Cl)nc(CN2C(=O)C(=O)c3cccc(F)c32)n1. The summed E-state index contributed by atoms with van der Waals surface area (Å²) in [4.78, 5) is 33.0. The van der Waals surface area contributed by atoms with Crippen LogP contribution in [0.1, 0.15) is 21.9 Å². The Morgan fingerprint density at radius 3 is 2.76 bits per heavy atom. The zero-order chi connectivity index (χ0) is 15.1. The smallest absolute Gasteiger partial charge is 0.294 e. The molecular weight excluding hydrogens is 297 g/mol. The lowest BCUT2D eigenvalue weighted by Crippen LogP contribution is -2.30. The molecule has 0 unspecified atom stereocenters.